The molecule has 1 saturated carbocycles. The van der Waals surface area contributed by atoms with Gasteiger partial charge in [0.25, 0.3) is 0 Å². The molecule has 0 aromatic carbocycles. The van der Waals surface area contributed by atoms with Gasteiger partial charge in [-0.05, 0) is 85.9 Å². The standard InChI is InChI=1S/C33H52N2O2/c1-11-29(5,6)15-16-30(7,22-35)17-18-31(8,12-2)33(10)14-13-26-24(4)28(37)25(21-34)20-32(26,9)27(33)19-23(3)36/h20,24,26-27H,11-19H2,1-10H3/t24-,26-,27+,30-,31-,32-,33+/m0/s1. The number of carbonyl (C=O) groups excluding carboxylic acids is 2. The molecule has 4 heteroatoms. The van der Waals surface area contributed by atoms with Crippen LogP contribution >= 0.6 is 0 Å². The third-order valence-electron chi connectivity index (χ3n) is 11.6. The highest BCUT2D eigenvalue weighted by atomic mass is 16.1. The van der Waals surface area contributed by atoms with Crippen molar-refractivity contribution in [2.75, 3.05) is 0 Å². The normalized spacial score (nSPS) is 33.2. The molecule has 206 valence electrons. The third kappa shape index (κ3) is 5.90. The number of nitrogens with zero attached hydrogens (tertiary/aromatic N) is 2. The molecule has 0 N–H and O–H groups in total. The maximum atomic E-state index is 12.9. The van der Waals surface area contributed by atoms with E-state index < -0.39 is 5.41 Å². The van der Waals surface area contributed by atoms with Crippen LogP contribution < -0.4 is 0 Å². The van der Waals surface area contributed by atoms with Crippen LogP contribution in [0.15, 0.2) is 11.6 Å². The number of fused-ring (bicyclic) bond motifs is 1. The summed E-state index contributed by atoms with van der Waals surface area (Å²) >= 11 is 0. The molecule has 0 radical (unpaired) electrons. The number of rotatable bonds is 11. The van der Waals surface area contributed by atoms with Crippen LogP contribution in [0.2, 0.25) is 0 Å². The van der Waals surface area contributed by atoms with E-state index >= 15 is 0 Å². The smallest absolute Gasteiger partial charge is 0.176 e. The molecule has 0 unspecified atom stereocenters. The Kier molecular flexibility index (Phi) is 9.34. The largest absolute Gasteiger partial charge is 0.300 e. The second-order valence-corrected chi connectivity index (χ2v) is 14.3. The Morgan fingerprint density at radius 3 is 2.14 bits per heavy atom. The summed E-state index contributed by atoms with van der Waals surface area (Å²) in [5.74, 6) is 0.0777. The minimum Gasteiger partial charge on any atom is -0.300 e. The monoisotopic (exact) mass is 508 g/mol. The molecule has 2 aliphatic carbocycles. The Labute approximate surface area is 227 Å². The lowest BCUT2D eigenvalue weighted by molar-refractivity contribution is -0.147. The van der Waals surface area contributed by atoms with Gasteiger partial charge in [0.2, 0.25) is 0 Å². The fourth-order valence-corrected chi connectivity index (χ4v) is 7.68. The molecule has 4 nitrogen and oxygen atoms in total. The van der Waals surface area contributed by atoms with E-state index in [1.165, 1.54) is 0 Å². The average Bonchev–Trinajstić information content (AvgIpc) is 2.85. The predicted octanol–water partition coefficient (Wildman–Crippen LogP) is 8.62. The van der Waals surface area contributed by atoms with Gasteiger partial charge in [0.1, 0.15) is 11.9 Å². The zero-order valence-electron chi connectivity index (χ0n) is 25.4. The number of nitriles is 2. The Morgan fingerprint density at radius 1 is 1.05 bits per heavy atom. The first-order valence-corrected chi connectivity index (χ1v) is 14.6. The first-order valence-electron chi connectivity index (χ1n) is 14.6. The highest BCUT2D eigenvalue weighted by Gasteiger charge is 2.61. The second kappa shape index (κ2) is 11.0. The minimum atomic E-state index is -0.392. The maximum absolute atomic E-state index is 12.9. The Morgan fingerprint density at radius 2 is 1.65 bits per heavy atom. The van der Waals surface area contributed by atoms with Gasteiger partial charge in [0.05, 0.1) is 17.1 Å². The molecule has 0 aromatic heterocycles. The maximum Gasteiger partial charge on any atom is 0.176 e. The van der Waals surface area contributed by atoms with Gasteiger partial charge < -0.3 is 4.79 Å². The number of ketones is 2. The summed E-state index contributed by atoms with van der Waals surface area (Å²) in [4.78, 5) is 25.6. The lowest BCUT2D eigenvalue weighted by Gasteiger charge is -2.63. The first kappa shape index (κ1) is 31.3. The number of Topliss-reactive ketones (excluding diaryl/α,β-unsaturated/α-hetero) is 2. The molecule has 2 aliphatic rings. The van der Waals surface area contributed by atoms with Crippen LogP contribution in [0.3, 0.4) is 0 Å². The number of allylic oxidation sites excluding steroid dienone is 2. The van der Waals surface area contributed by atoms with Crippen molar-refractivity contribution >= 4 is 11.6 Å². The van der Waals surface area contributed by atoms with Crippen molar-refractivity contribution in [1.82, 2.24) is 0 Å². The van der Waals surface area contributed by atoms with Crippen molar-refractivity contribution in [3.05, 3.63) is 11.6 Å². The van der Waals surface area contributed by atoms with E-state index in [0.29, 0.717) is 6.42 Å². The molecule has 0 aromatic rings. The van der Waals surface area contributed by atoms with Gasteiger partial charge in [0, 0.05) is 12.3 Å². The first-order chi connectivity index (χ1) is 17.0. The van der Waals surface area contributed by atoms with E-state index in [0.717, 1.165) is 51.4 Å². The van der Waals surface area contributed by atoms with Gasteiger partial charge in [-0.25, -0.2) is 0 Å². The van der Waals surface area contributed by atoms with Gasteiger partial charge in [-0.1, -0.05) is 74.3 Å². The predicted molar refractivity (Wildman–Crippen MR) is 150 cm³/mol. The van der Waals surface area contributed by atoms with Crippen LogP contribution in [0, 0.1) is 67.5 Å². The van der Waals surface area contributed by atoms with Gasteiger partial charge in [-0.2, -0.15) is 10.5 Å². The van der Waals surface area contributed by atoms with Crippen molar-refractivity contribution < 1.29 is 9.59 Å². The SMILES string of the molecule is CCC(C)(C)CC[C@](C)(C#N)CC[C@](C)(CC)[C@]1(C)CC[C@H]2[C@H](C)C(=O)C(C#N)=C[C@]2(C)[C@H]1CC(C)=O. The molecule has 7 atom stereocenters. The fourth-order valence-electron chi connectivity index (χ4n) is 7.68. The summed E-state index contributed by atoms with van der Waals surface area (Å²) in [7, 11) is 0. The topological polar surface area (TPSA) is 81.7 Å². The summed E-state index contributed by atoms with van der Waals surface area (Å²) in [6.07, 6.45) is 10.0. The summed E-state index contributed by atoms with van der Waals surface area (Å²) in [6, 6.07) is 4.84. The number of hydrogen-bond acceptors (Lipinski definition) is 4. The van der Waals surface area contributed by atoms with Gasteiger partial charge in [-0.3, -0.25) is 4.79 Å². The molecule has 0 aliphatic heterocycles. The molecule has 1 fully saturated rings. The Hall–Kier alpha value is -1.94. The Balaban J connectivity index is 2.50. The van der Waals surface area contributed by atoms with E-state index in [-0.39, 0.29) is 56.6 Å². The fraction of sp³-hybridized carbons (Fsp3) is 0.818. The minimum absolute atomic E-state index is 0.0347. The molecule has 2 rings (SSSR count). The molecule has 37 heavy (non-hydrogen) atoms. The van der Waals surface area contributed by atoms with Crippen molar-refractivity contribution in [2.24, 2.45) is 44.8 Å². The van der Waals surface area contributed by atoms with Crippen molar-refractivity contribution in [3.63, 3.8) is 0 Å². The lowest BCUT2D eigenvalue weighted by Crippen LogP contribution is -2.58. The zero-order chi connectivity index (χ0) is 28.4. The molecule has 0 spiro atoms. The van der Waals surface area contributed by atoms with E-state index in [1.54, 1.807) is 6.92 Å². The van der Waals surface area contributed by atoms with E-state index in [2.05, 4.69) is 67.5 Å². The van der Waals surface area contributed by atoms with Crippen molar-refractivity contribution in [1.29, 1.82) is 10.5 Å². The van der Waals surface area contributed by atoms with Crippen LogP contribution in [-0.4, -0.2) is 11.6 Å². The van der Waals surface area contributed by atoms with Gasteiger partial charge in [0.15, 0.2) is 5.78 Å². The number of hydrogen-bond donors (Lipinski definition) is 0. The van der Waals surface area contributed by atoms with Crippen LogP contribution in [0.25, 0.3) is 0 Å². The summed E-state index contributed by atoms with van der Waals surface area (Å²) in [6.45, 7) is 21.7. The average molecular weight is 509 g/mol. The van der Waals surface area contributed by atoms with E-state index in [9.17, 15) is 20.1 Å². The summed E-state index contributed by atoms with van der Waals surface area (Å²) in [5, 5.41) is 20.0. The molecule has 0 amide bonds. The van der Waals surface area contributed by atoms with Crippen LogP contribution in [0.4, 0.5) is 0 Å². The molecular weight excluding hydrogens is 456 g/mol. The molecule has 0 heterocycles. The van der Waals surface area contributed by atoms with Crippen LogP contribution in [0.1, 0.15) is 127 Å². The summed E-state index contributed by atoms with van der Waals surface area (Å²) < 4.78 is 0. The van der Waals surface area contributed by atoms with Crippen molar-refractivity contribution in [2.45, 2.75) is 127 Å². The van der Waals surface area contributed by atoms with Crippen LogP contribution in [0.5, 0.6) is 0 Å². The highest BCUT2D eigenvalue weighted by Crippen LogP contribution is 2.67. The van der Waals surface area contributed by atoms with Crippen molar-refractivity contribution in [3.8, 4) is 12.1 Å². The number of carbonyl (C=O) groups is 2. The quantitative estimate of drug-likeness (QED) is 0.280. The van der Waals surface area contributed by atoms with E-state index in [1.807, 2.05) is 13.0 Å². The van der Waals surface area contributed by atoms with Gasteiger partial charge >= 0.3 is 0 Å². The lowest BCUT2D eigenvalue weighted by atomic mass is 9.40. The molecule has 0 saturated heterocycles. The zero-order valence-corrected chi connectivity index (χ0v) is 25.4. The molecular formula is C33H52N2O2. The van der Waals surface area contributed by atoms with Gasteiger partial charge in [-0.15, -0.1) is 0 Å². The van der Waals surface area contributed by atoms with E-state index in [4.69, 9.17) is 0 Å². The summed E-state index contributed by atoms with van der Waals surface area (Å²) in [5.41, 5.74) is -0.511. The second-order valence-electron chi connectivity index (χ2n) is 14.3. The third-order valence-corrected chi connectivity index (χ3v) is 11.6. The van der Waals surface area contributed by atoms with Crippen LogP contribution in [-0.2, 0) is 9.59 Å². The molecule has 0 bridgehead atoms. The Bertz CT molecular complexity index is 997. The highest BCUT2D eigenvalue weighted by molar-refractivity contribution is 6.01.